The molecule has 6 heteroatoms. The number of Topliss-reactive ketones (excluding diaryl/α,β-unsaturated/α-hetero) is 1. The molecule has 0 aliphatic carbocycles. The third-order valence-electron chi connectivity index (χ3n) is 5.33. The Balaban J connectivity index is 1.94. The third-order valence-corrected chi connectivity index (χ3v) is 5.33. The van der Waals surface area contributed by atoms with Crippen LogP contribution in [0.25, 0.3) is 5.76 Å². The summed E-state index contributed by atoms with van der Waals surface area (Å²) < 4.78 is 19.0. The SMILES string of the molecule is CCOc1cccc(C2/C(=C(\O)c3ccc(F)cc3)C(=O)C(=O)N2c2cccc(C)c2)c1. The minimum atomic E-state index is -0.873. The molecular weight excluding hydrogens is 409 g/mol. The molecule has 1 aliphatic heterocycles. The van der Waals surface area contributed by atoms with Crippen molar-refractivity contribution in [1.29, 1.82) is 0 Å². The minimum absolute atomic E-state index is 0.0586. The second kappa shape index (κ2) is 8.67. The van der Waals surface area contributed by atoms with Crippen molar-refractivity contribution in [3.05, 3.63) is 101 Å². The highest BCUT2D eigenvalue weighted by Gasteiger charge is 2.47. The molecule has 0 radical (unpaired) electrons. The largest absolute Gasteiger partial charge is 0.507 e. The molecule has 3 aromatic rings. The van der Waals surface area contributed by atoms with Crippen LogP contribution in [-0.4, -0.2) is 23.4 Å². The maximum atomic E-state index is 13.4. The summed E-state index contributed by atoms with van der Waals surface area (Å²) in [6.07, 6.45) is 0. The number of ether oxygens (including phenoxy) is 1. The summed E-state index contributed by atoms with van der Waals surface area (Å²) in [5.74, 6) is -1.79. The van der Waals surface area contributed by atoms with Gasteiger partial charge in [0, 0.05) is 11.3 Å². The number of anilines is 1. The first-order chi connectivity index (χ1) is 15.4. The number of aliphatic hydroxyl groups excluding tert-OH is 1. The summed E-state index contributed by atoms with van der Waals surface area (Å²) >= 11 is 0. The summed E-state index contributed by atoms with van der Waals surface area (Å²) in [5, 5.41) is 11.0. The van der Waals surface area contributed by atoms with Gasteiger partial charge in [-0.25, -0.2) is 4.39 Å². The molecule has 4 rings (SSSR count). The zero-order valence-corrected chi connectivity index (χ0v) is 17.7. The number of aliphatic hydroxyl groups is 1. The Morgan fingerprint density at radius 1 is 1.03 bits per heavy atom. The van der Waals surface area contributed by atoms with Crippen LogP contribution < -0.4 is 9.64 Å². The van der Waals surface area contributed by atoms with Crippen LogP contribution in [0.15, 0.2) is 78.4 Å². The maximum Gasteiger partial charge on any atom is 0.300 e. The predicted molar refractivity (Wildman–Crippen MR) is 120 cm³/mol. The predicted octanol–water partition coefficient (Wildman–Crippen LogP) is 5.16. The van der Waals surface area contributed by atoms with Gasteiger partial charge in [0.05, 0.1) is 18.2 Å². The number of hydrogen-bond acceptors (Lipinski definition) is 4. The lowest BCUT2D eigenvalue weighted by Crippen LogP contribution is -2.29. The molecule has 0 spiro atoms. The van der Waals surface area contributed by atoms with Crippen LogP contribution in [-0.2, 0) is 9.59 Å². The van der Waals surface area contributed by atoms with Crippen LogP contribution >= 0.6 is 0 Å². The molecule has 0 saturated carbocycles. The standard InChI is InChI=1S/C26H22FNO4/c1-3-32-21-9-5-7-18(15-21)23-22(24(29)17-10-12-19(27)13-11-17)25(30)26(31)28(23)20-8-4-6-16(2)14-20/h4-15,23,29H,3H2,1-2H3/b24-22+. The fourth-order valence-corrected chi connectivity index (χ4v) is 3.90. The lowest BCUT2D eigenvalue weighted by molar-refractivity contribution is -0.132. The van der Waals surface area contributed by atoms with Crippen molar-refractivity contribution in [2.45, 2.75) is 19.9 Å². The number of aryl methyl sites for hydroxylation is 1. The average Bonchev–Trinajstić information content (AvgIpc) is 3.05. The number of carbonyl (C=O) groups excluding carboxylic acids is 2. The van der Waals surface area contributed by atoms with Crippen molar-refractivity contribution in [3.8, 4) is 5.75 Å². The van der Waals surface area contributed by atoms with Gasteiger partial charge in [0.2, 0.25) is 0 Å². The highest BCUT2D eigenvalue weighted by molar-refractivity contribution is 6.51. The number of ketones is 1. The first-order valence-electron chi connectivity index (χ1n) is 10.3. The highest BCUT2D eigenvalue weighted by atomic mass is 19.1. The van der Waals surface area contributed by atoms with Crippen LogP contribution in [0.5, 0.6) is 5.75 Å². The van der Waals surface area contributed by atoms with Crippen LogP contribution in [0.3, 0.4) is 0 Å². The van der Waals surface area contributed by atoms with E-state index in [0.29, 0.717) is 23.6 Å². The Labute approximate surface area is 185 Å². The van der Waals surface area contributed by atoms with Gasteiger partial charge in [-0.15, -0.1) is 0 Å². The van der Waals surface area contributed by atoms with Crippen LogP contribution in [0.2, 0.25) is 0 Å². The molecule has 1 aliphatic rings. The van der Waals surface area contributed by atoms with Gasteiger partial charge in [0.25, 0.3) is 11.7 Å². The van der Waals surface area contributed by atoms with Gasteiger partial charge in [-0.3, -0.25) is 14.5 Å². The smallest absolute Gasteiger partial charge is 0.300 e. The number of carbonyl (C=O) groups is 2. The number of halogens is 1. The van der Waals surface area contributed by atoms with E-state index in [9.17, 15) is 19.1 Å². The van der Waals surface area contributed by atoms with Crippen molar-refractivity contribution in [2.24, 2.45) is 0 Å². The number of amides is 1. The van der Waals surface area contributed by atoms with Crippen molar-refractivity contribution in [1.82, 2.24) is 0 Å². The van der Waals surface area contributed by atoms with Gasteiger partial charge in [-0.2, -0.15) is 0 Å². The number of rotatable bonds is 5. The van der Waals surface area contributed by atoms with E-state index in [1.54, 1.807) is 36.4 Å². The van der Waals surface area contributed by atoms with E-state index < -0.39 is 23.5 Å². The lowest BCUT2D eigenvalue weighted by Gasteiger charge is -2.26. The van der Waals surface area contributed by atoms with Crippen LogP contribution in [0, 0.1) is 12.7 Å². The second-order valence-electron chi connectivity index (χ2n) is 7.52. The van der Waals surface area contributed by atoms with Crippen LogP contribution in [0.1, 0.15) is 29.7 Å². The van der Waals surface area contributed by atoms with Crippen molar-refractivity contribution < 1.29 is 23.8 Å². The number of benzene rings is 3. The van der Waals surface area contributed by atoms with Crippen molar-refractivity contribution in [2.75, 3.05) is 11.5 Å². The van der Waals surface area contributed by atoms with Crippen molar-refractivity contribution >= 4 is 23.1 Å². The van der Waals surface area contributed by atoms with Gasteiger partial charge >= 0.3 is 0 Å². The van der Waals surface area contributed by atoms with Crippen LogP contribution in [0.4, 0.5) is 10.1 Å². The highest BCUT2D eigenvalue weighted by Crippen LogP contribution is 2.43. The van der Waals surface area contributed by atoms with E-state index in [1.807, 2.05) is 26.0 Å². The summed E-state index contributed by atoms with van der Waals surface area (Å²) in [6.45, 7) is 4.21. The van der Waals surface area contributed by atoms with E-state index in [1.165, 1.54) is 29.2 Å². The normalized spacial score (nSPS) is 17.6. The summed E-state index contributed by atoms with van der Waals surface area (Å²) in [4.78, 5) is 27.7. The third kappa shape index (κ3) is 3.87. The molecular formula is C26H22FNO4. The van der Waals surface area contributed by atoms with E-state index in [2.05, 4.69) is 0 Å². The van der Waals surface area contributed by atoms with Gasteiger partial charge in [0.15, 0.2) is 0 Å². The quantitative estimate of drug-likeness (QED) is 0.344. The minimum Gasteiger partial charge on any atom is -0.507 e. The molecule has 1 N–H and O–H groups in total. The fourth-order valence-electron chi connectivity index (χ4n) is 3.90. The van der Waals surface area contributed by atoms with E-state index >= 15 is 0 Å². The maximum absolute atomic E-state index is 13.4. The molecule has 5 nitrogen and oxygen atoms in total. The van der Waals surface area contributed by atoms with Gasteiger partial charge in [0.1, 0.15) is 17.3 Å². The van der Waals surface area contributed by atoms with E-state index in [0.717, 1.165) is 5.56 Å². The molecule has 1 saturated heterocycles. The van der Waals surface area contributed by atoms with E-state index in [4.69, 9.17) is 4.74 Å². The molecule has 1 atom stereocenters. The molecule has 1 unspecified atom stereocenters. The van der Waals surface area contributed by atoms with Gasteiger partial charge in [-0.05, 0) is 73.5 Å². The monoisotopic (exact) mass is 431 g/mol. The summed E-state index contributed by atoms with van der Waals surface area (Å²) in [7, 11) is 0. The Hall–Kier alpha value is -3.93. The Morgan fingerprint density at radius 2 is 1.75 bits per heavy atom. The van der Waals surface area contributed by atoms with Gasteiger partial charge in [-0.1, -0.05) is 24.3 Å². The molecule has 162 valence electrons. The fraction of sp³-hybridized carbons (Fsp3) is 0.154. The Bertz CT molecular complexity index is 1220. The molecule has 1 heterocycles. The first-order valence-corrected chi connectivity index (χ1v) is 10.3. The molecule has 3 aromatic carbocycles. The summed E-state index contributed by atoms with van der Waals surface area (Å²) in [6, 6.07) is 18.6. The molecule has 0 aromatic heterocycles. The number of nitrogens with zero attached hydrogens (tertiary/aromatic N) is 1. The zero-order valence-electron chi connectivity index (χ0n) is 17.7. The molecule has 0 bridgehead atoms. The summed E-state index contributed by atoms with van der Waals surface area (Å²) in [5.41, 5.74) is 2.26. The first kappa shape index (κ1) is 21.3. The zero-order chi connectivity index (χ0) is 22.8. The van der Waals surface area contributed by atoms with Gasteiger partial charge < -0.3 is 9.84 Å². The lowest BCUT2D eigenvalue weighted by atomic mass is 9.95. The molecule has 1 amide bonds. The van der Waals surface area contributed by atoms with Crippen molar-refractivity contribution in [3.63, 3.8) is 0 Å². The topological polar surface area (TPSA) is 66.8 Å². The second-order valence-corrected chi connectivity index (χ2v) is 7.52. The number of hydrogen-bond donors (Lipinski definition) is 1. The Kier molecular flexibility index (Phi) is 5.77. The molecule has 32 heavy (non-hydrogen) atoms. The molecule has 1 fully saturated rings. The average molecular weight is 431 g/mol. The van der Waals surface area contributed by atoms with E-state index in [-0.39, 0.29) is 16.9 Å². The Morgan fingerprint density at radius 3 is 2.44 bits per heavy atom.